The van der Waals surface area contributed by atoms with Crippen molar-refractivity contribution in [3.8, 4) is 11.5 Å². The van der Waals surface area contributed by atoms with Gasteiger partial charge in [0.25, 0.3) is 0 Å². The Labute approximate surface area is 170 Å². The number of amides is 2. The number of ether oxygens (including phenoxy) is 1. The molecule has 0 radical (unpaired) electrons. The van der Waals surface area contributed by atoms with Gasteiger partial charge >= 0.3 is 0 Å². The van der Waals surface area contributed by atoms with Crippen LogP contribution in [0.25, 0.3) is 0 Å². The third-order valence-corrected chi connectivity index (χ3v) is 4.12. The van der Waals surface area contributed by atoms with Gasteiger partial charge in [0.05, 0.1) is 12.2 Å². The number of carbonyl (C=O) groups is 2. The number of benzene rings is 3. The fraction of sp³-hybridized carbons (Fsp3) is 0.130. The minimum atomic E-state index is -0.158. The lowest BCUT2D eigenvalue weighted by Crippen LogP contribution is -2.30. The van der Waals surface area contributed by atoms with Crippen LogP contribution in [0.2, 0.25) is 0 Å². The maximum absolute atomic E-state index is 12.5. The van der Waals surface area contributed by atoms with Gasteiger partial charge in [-0.2, -0.15) is 0 Å². The first-order chi connectivity index (χ1) is 14.0. The Morgan fingerprint density at radius 1 is 0.828 bits per heavy atom. The van der Waals surface area contributed by atoms with E-state index in [2.05, 4.69) is 10.6 Å². The highest BCUT2D eigenvalue weighted by molar-refractivity contribution is 5.95. The van der Waals surface area contributed by atoms with Crippen LogP contribution in [0.4, 0.5) is 17.1 Å². The molecule has 0 aliphatic rings. The molecule has 0 aromatic heterocycles. The number of anilines is 3. The standard InChI is InChI=1S/C23H23N3O3/c1-17(27)24-18-12-14-19(15-13-18)25-23(28)16-26(2)21-10-6-7-11-22(21)29-20-8-4-3-5-9-20/h3-15H,16H2,1-2H3,(H,24,27)(H,25,28). The first kappa shape index (κ1) is 19.9. The van der Waals surface area contributed by atoms with Gasteiger partial charge in [0.15, 0.2) is 5.75 Å². The summed E-state index contributed by atoms with van der Waals surface area (Å²) in [6.07, 6.45) is 0. The maximum Gasteiger partial charge on any atom is 0.243 e. The third kappa shape index (κ3) is 5.84. The normalized spacial score (nSPS) is 10.1. The van der Waals surface area contributed by atoms with Crippen molar-refractivity contribution >= 4 is 28.9 Å². The van der Waals surface area contributed by atoms with Crippen LogP contribution in [0.5, 0.6) is 11.5 Å². The molecule has 0 atom stereocenters. The van der Waals surface area contributed by atoms with Gasteiger partial charge in [-0.1, -0.05) is 30.3 Å². The minimum absolute atomic E-state index is 0.139. The SMILES string of the molecule is CC(=O)Nc1ccc(NC(=O)CN(C)c2ccccc2Oc2ccccc2)cc1. The van der Waals surface area contributed by atoms with Crippen molar-refractivity contribution in [3.63, 3.8) is 0 Å². The highest BCUT2D eigenvalue weighted by Gasteiger charge is 2.13. The molecule has 0 spiro atoms. The van der Waals surface area contributed by atoms with Crippen molar-refractivity contribution < 1.29 is 14.3 Å². The second-order valence-electron chi connectivity index (χ2n) is 6.55. The lowest BCUT2D eigenvalue weighted by atomic mass is 10.2. The van der Waals surface area contributed by atoms with E-state index in [0.717, 1.165) is 11.4 Å². The molecule has 0 unspecified atom stereocenters. The van der Waals surface area contributed by atoms with E-state index in [9.17, 15) is 9.59 Å². The van der Waals surface area contributed by atoms with Gasteiger partial charge in [-0.05, 0) is 48.5 Å². The fourth-order valence-corrected chi connectivity index (χ4v) is 2.82. The van der Waals surface area contributed by atoms with E-state index in [1.807, 2.05) is 66.5 Å². The van der Waals surface area contributed by atoms with Crippen molar-refractivity contribution in [2.24, 2.45) is 0 Å². The Morgan fingerprint density at radius 2 is 1.41 bits per heavy atom. The zero-order chi connectivity index (χ0) is 20.6. The number of rotatable bonds is 7. The van der Waals surface area contributed by atoms with Crippen LogP contribution in [0, 0.1) is 0 Å². The number of nitrogens with zero attached hydrogens (tertiary/aromatic N) is 1. The summed E-state index contributed by atoms with van der Waals surface area (Å²) in [5.41, 5.74) is 2.15. The molecule has 0 heterocycles. The summed E-state index contributed by atoms with van der Waals surface area (Å²) in [4.78, 5) is 25.4. The van der Waals surface area contributed by atoms with E-state index < -0.39 is 0 Å². The first-order valence-corrected chi connectivity index (χ1v) is 9.22. The second-order valence-corrected chi connectivity index (χ2v) is 6.55. The van der Waals surface area contributed by atoms with Crippen LogP contribution in [-0.4, -0.2) is 25.4 Å². The average molecular weight is 389 g/mol. The minimum Gasteiger partial charge on any atom is -0.455 e. The fourth-order valence-electron chi connectivity index (χ4n) is 2.82. The van der Waals surface area contributed by atoms with Crippen molar-refractivity contribution in [1.29, 1.82) is 0 Å². The van der Waals surface area contributed by atoms with Crippen LogP contribution in [0.1, 0.15) is 6.92 Å². The van der Waals surface area contributed by atoms with Gasteiger partial charge in [-0.3, -0.25) is 9.59 Å². The Balaban J connectivity index is 1.63. The van der Waals surface area contributed by atoms with E-state index in [1.54, 1.807) is 24.3 Å². The molecule has 6 nitrogen and oxygen atoms in total. The first-order valence-electron chi connectivity index (χ1n) is 9.22. The molecule has 148 valence electrons. The lowest BCUT2D eigenvalue weighted by Gasteiger charge is -2.22. The van der Waals surface area contributed by atoms with Crippen LogP contribution in [0.3, 0.4) is 0 Å². The van der Waals surface area contributed by atoms with Gasteiger partial charge in [0.1, 0.15) is 5.75 Å². The highest BCUT2D eigenvalue weighted by Crippen LogP contribution is 2.31. The Morgan fingerprint density at radius 3 is 2.07 bits per heavy atom. The molecule has 3 rings (SSSR count). The van der Waals surface area contributed by atoms with E-state index in [1.165, 1.54) is 6.92 Å². The van der Waals surface area contributed by atoms with Crippen LogP contribution in [-0.2, 0) is 9.59 Å². The Hall–Kier alpha value is -3.80. The predicted octanol–water partition coefficient (Wildman–Crippen LogP) is 4.51. The topological polar surface area (TPSA) is 70.7 Å². The summed E-state index contributed by atoms with van der Waals surface area (Å²) in [5.74, 6) is 1.11. The van der Waals surface area contributed by atoms with Gasteiger partial charge in [0, 0.05) is 25.3 Å². The molecule has 0 saturated carbocycles. The van der Waals surface area contributed by atoms with Crippen molar-refractivity contribution in [2.75, 3.05) is 29.1 Å². The summed E-state index contributed by atoms with van der Waals surface area (Å²) in [6.45, 7) is 1.60. The van der Waals surface area contributed by atoms with Gasteiger partial charge in [0.2, 0.25) is 11.8 Å². The summed E-state index contributed by atoms with van der Waals surface area (Å²) in [5, 5.41) is 5.55. The molecule has 2 N–H and O–H groups in total. The van der Waals surface area contributed by atoms with E-state index in [-0.39, 0.29) is 18.4 Å². The highest BCUT2D eigenvalue weighted by atomic mass is 16.5. The molecule has 3 aromatic carbocycles. The van der Waals surface area contributed by atoms with Gasteiger partial charge in [-0.15, -0.1) is 0 Å². The molecule has 0 aliphatic heterocycles. The monoisotopic (exact) mass is 389 g/mol. The van der Waals surface area contributed by atoms with E-state index >= 15 is 0 Å². The molecule has 2 amide bonds. The maximum atomic E-state index is 12.5. The molecular formula is C23H23N3O3. The molecular weight excluding hydrogens is 366 g/mol. The summed E-state index contributed by atoms with van der Waals surface area (Å²) in [6, 6.07) is 24.1. The average Bonchev–Trinajstić information content (AvgIpc) is 2.70. The number of likely N-dealkylation sites (N-methyl/N-ethyl adjacent to an activating group) is 1. The quantitative estimate of drug-likeness (QED) is 0.624. The molecule has 3 aromatic rings. The second kappa shape index (κ2) is 9.41. The Kier molecular flexibility index (Phi) is 6.47. The largest absolute Gasteiger partial charge is 0.455 e. The molecule has 0 aliphatic carbocycles. The van der Waals surface area contributed by atoms with Crippen LogP contribution in [0.15, 0.2) is 78.9 Å². The van der Waals surface area contributed by atoms with Crippen LogP contribution >= 0.6 is 0 Å². The van der Waals surface area contributed by atoms with E-state index in [4.69, 9.17) is 4.74 Å². The number of hydrogen-bond donors (Lipinski definition) is 2. The number of carbonyl (C=O) groups excluding carboxylic acids is 2. The summed E-state index contributed by atoms with van der Waals surface area (Å²) in [7, 11) is 1.84. The zero-order valence-corrected chi connectivity index (χ0v) is 16.4. The van der Waals surface area contributed by atoms with Crippen LogP contribution < -0.4 is 20.3 Å². The molecule has 29 heavy (non-hydrogen) atoms. The molecule has 0 bridgehead atoms. The number of para-hydroxylation sites is 3. The Bertz CT molecular complexity index is 972. The van der Waals surface area contributed by atoms with Crippen molar-refractivity contribution in [1.82, 2.24) is 0 Å². The summed E-state index contributed by atoms with van der Waals surface area (Å²) < 4.78 is 5.97. The number of hydrogen-bond acceptors (Lipinski definition) is 4. The molecule has 0 saturated heterocycles. The third-order valence-electron chi connectivity index (χ3n) is 4.12. The molecule has 6 heteroatoms. The lowest BCUT2D eigenvalue weighted by molar-refractivity contribution is -0.115. The van der Waals surface area contributed by atoms with E-state index in [0.29, 0.717) is 17.1 Å². The number of nitrogens with one attached hydrogen (secondary N) is 2. The predicted molar refractivity (Wildman–Crippen MR) is 116 cm³/mol. The zero-order valence-electron chi connectivity index (χ0n) is 16.4. The summed E-state index contributed by atoms with van der Waals surface area (Å²) >= 11 is 0. The van der Waals surface area contributed by atoms with Gasteiger partial charge < -0.3 is 20.3 Å². The van der Waals surface area contributed by atoms with Gasteiger partial charge in [-0.25, -0.2) is 0 Å². The smallest absolute Gasteiger partial charge is 0.243 e. The molecule has 0 fully saturated rings. The van der Waals surface area contributed by atoms with Crippen molar-refractivity contribution in [2.45, 2.75) is 6.92 Å². The van der Waals surface area contributed by atoms with Crippen molar-refractivity contribution in [3.05, 3.63) is 78.9 Å².